The summed E-state index contributed by atoms with van der Waals surface area (Å²) in [5.74, 6) is 0.602. The lowest BCUT2D eigenvalue weighted by Gasteiger charge is -2.05. The third-order valence-corrected chi connectivity index (χ3v) is 2.14. The number of nitrogens with zero attached hydrogens (tertiary/aromatic N) is 1. The van der Waals surface area contributed by atoms with Crippen LogP contribution in [-0.2, 0) is 9.23 Å². The zero-order valence-corrected chi connectivity index (χ0v) is 11.6. The van der Waals surface area contributed by atoms with Crippen LogP contribution in [0, 0.1) is 0 Å². The molecule has 0 spiro atoms. The molecule has 0 atom stereocenters. The Morgan fingerprint density at radius 2 is 2.06 bits per heavy atom. The van der Waals surface area contributed by atoms with Gasteiger partial charge in [0, 0.05) is 33.6 Å². The number of halogens is 3. The van der Waals surface area contributed by atoms with Gasteiger partial charge in [0.05, 0.1) is 5.56 Å². The van der Waals surface area contributed by atoms with Crippen LogP contribution in [0.1, 0.15) is 23.2 Å². The van der Waals surface area contributed by atoms with E-state index in [0.29, 0.717) is 17.4 Å². The summed E-state index contributed by atoms with van der Waals surface area (Å²) in [7, 11) is 7.36. The van der Waals surface area contributed by atoms with Crippen LogP contribution in [0.2, 0.25) is 0 Å². The maximum absolute atomic E-state index is 11.0. The van der Waals surface area contributed by atoms with E-state index in [0.717, 1.165) is 12.8 Å². The first-order chi connectivity index (χ1) is 8.00. The Balaban J connectivity index is 0.000000317. The van der Waals surface area contributed by atoms with Gasteiger partial charge in [0.2, 0.25) is 9.23 Å². The van der Waals surface area contributed by atoms with Crippen LogP contribution >= 0.6 is 33.0 Å². The molecule has 0 unspecified atom stereocenters. The Hall–Kier alpha value is -0.360. The van der Waals surface area contributed by atoms with Crippen LogP contribution in [0.4, 0.5) is 5.82 Å². The number of hydrogen-bond donors (Lipinski definition) is 1. The molecule has 0 radical (unpaired) electrons. The minimum absolute atomic E-state index is 0.455. The monoisotopic (exact) mass is 314 g/mol. The fourth-order valence-electron chi connectivity index (χ4n) is 1.10. The molecule has 1 fully saturated rings. The van der Waals surface area contributed by atoms with Crippen LogP contribution in [0.5, 0.6) is 0 Å². The predicted molar refractivity (Wildman–Crippen MR) is 70.9 cm³/mol. The average Bonchev–Trinajstić information content (AvgIpc) is 3.01. The molecular formula is C9H9Cl3N2O2S. The lowest BCUT2D eigenvalue weighted by atomic mass is 10.3. The number of anilines is 1. The van der Waals surface area contributed by atoms with E-state index in [-0.39, 0.29) is 0 Å². The van der Waals surface area contributed by atoms with Gasteiger partial charge in [0.25, 0.3) is 5.24 Å². The number of pyridine rings is 1. The molecule has 1 aliphatic rings. The molecule has 0 bridgehead atoms. The summed E-state index contributed by atoms with van der Waals surface area (Å²) >= 11 is 5.39. The first kappa shape index (κ1) is 14.7. The molecule has 0 saturated heterocycles. The molecule has 0 amide bonds. The Kier molecular flexibility index (Phi) is 6.19. The van der Waals surface area contributed by atoms with E-state index in [4.69, 9.17) is 15.8 Å². The van der Waals surface area contributed by atoms with Crippen LogP contribution < -0.4 is 5.32 Å². The van der Waals surface area contributed by atoms with Crippen LogP contribution in [0.3, 0.4) is 0 Å². The van der Waals surface area contributed by atoms with Gasteiger partial charge in [-0.25, -0.2) is 9.19 Å². The van der Waals surface area contributed by atoms with Gasteiger partial charge in [0.1, 0.15) is 5.82 Å². The van der Waals surface area contributed by atoms with Crippen molar-refractivity contribution in [2.24, 2.45) is 0 Å². The average molecular weight is 316 g/mol. The van der Waals surface area contributed by atoms with Crippen molar-refractivity contribution in [3.05, 3.63) is 23.9 Å². The fourth-order valence-corrected chi connectivity index (χ4v) is 1.25. The summed E-state index contributed by atoms with van der Waals surface area (Å²) in [6.07, 6.45) is 3.94. The number of aromatic nitrogens is 1. The highest BCUT2D eigenvalue weighted by molar-refractivity contribution is 8.26. The molecule has 2 rings (SSSR count). The predicted octanol–water partition coefficient (Wildman–Crippen LogP) is 3.08. The van der Waals surface area contributed by atoms with Crippen molar-refractivity contribution in [3.8, 4) is 0 Å². The normalized spacial score (nSPS) is 13.9. The van der Waals surface area contributed by atoms with E-state index in [9.17, 15) is 4.79 Å². The zero-order chi connectivity index (χ0) is 12.8. The van der Waals surface area contributed by atoms with Crippen molar-refractivity contribution in [2.75, 3.05) is 5.32 Å². The van der Waals surface area contributed by atoms with Gasteiger partial charge in [-0.3, -0.25) is 4.79 Å². The van der Waals surface area contributed by atoms with Crippen molar-refractivity contribution >= 4 is 53.3 Å². The summed E-state index contributed by atoms with van der Waals surface area (Å²) in [5.41, 5.74) is 0.455. The first-order valence-electron chi connectivity index (χ1n) is 4.66. The topological polar surface area (TPSA) is 59.1 Å². The first-order valence-corrected chi connectivity index (χ1v) is 7.84. The lowest BCUT2D eigenvalue weighted by molar-refractivity contribution is 0.108. The summed E-state index contributed by atoms with van der Waals surface area (Å²) in [5, 5.41) is 2.69. The number of rotatable bonds is 3. The Bertz CT molecular complexity index is 422. The molecule has 1 saturated carbocycles. The maximum atomic E-state index is 11.0. The summed E-state index contributed by atoms with van der Waals surface area (Å²) < 4.78 is 9.09. The van der Waals surface area contributed by atoms with Crippen LogP contribution in [-0.4, -0.2) is 20.5 Å². The molecule has 1 heterocycles. The quantitative estimate of drug-likeness (QED) is 0.871. The highest BCUT2D eigenvalue weighted by Gasteiger charge is 2.23. The Morgan fingerprint density at radius 1 is 1.47 bits per heavy atom. The summed E-state index contributed by atoms with van der Waals surface area (Å²) in [6, 6.07) is 3.85. The number of carbonyl (C=O) groups is 1. The van der Waals surface area contributed by atoms with Crippen molar-refractivity contribution in [1.29, 1.82) is 0 Å². The Labute approximate surface area is 115 Å². The largest absolute Gasteiger partial charge is 0.367 e. The van der Waals surface area contributed by atoms with Crippen molar-refractivity contribution in [2.45, 2.75) is 18.9 Å². The van der Waals surface area contributed by atoms with Crippen molar-refractivity contribution in [3.63, 3.8) is 0 Å². The molecule has 1 aromatic rings. The lowest BCUT2D eigenvalue weighted by Crippen LogP contribution is -2.07. The molecule has 0 aromatic carbocycles. The molecule has 0 aliphatic heterocycles. The van der Waals surface area contributed by atoms with E-state index < -0.39 is 14.5 Å². The molecule has 94 valence electrons. The minimum Gasteiger partial charge on any atom is -0.367 e. The van der Waals surface area contributed by atoms with Gasteiger partial charge in [0.15, 0.2) is 0 Å². The SMILES string of the molecule is O=C(Cl)c1cccnc1NC1CC1.O=S(Cl)Cl. The second-order valence-electron chi connectivity index (χ2n) is 3.28. The van der Waals surface area contributed by atoms with Gasteiger partial charge in [-0.1, -0.05) is 0 Å². The molecule has 17 heavy (non-hydrogen) atoms. The minimum atomic E-state index is -1.67. The zero-order valence-electron chi connectivity index (χ0n) is 8.53. The van der Waals surface area contributed by atoms with Crippen molar-refractivity contribution < 1.29 is 9.00 Å². The number of nitrogens with one attached hydrogen (secondary N) is 1. The van der Waals surface area contributed by atoms with E-state index in [1.54, 1.807) is 18.3 Å². The summed E-state index contributed by atoms with van der Waals surface area (Å²) in [4.78, 5) is 15.0. The summed E-state index contributed by atoms with van der Waals surface area (Å²) in [6.45, 7) is 0. The van der Waals surface area contributed by atoms with E-state index >= 15 is 0 Å². The number of carbonyl (C=O) groups excluding carboxylic acids is 1. The van der Waals surface area contributed by atoms with E-state index in [1.807, 2.05) is 0 Å². The van der Waals surface area contributed by atoms with Gasteiger partial charge >= 0.3 is 0 Å². The third-order valence-electron chi connectivity index (χ3n) is 1.94. The Morgan fingerprint density at radius 3 is 2.53 bits per heavy atom. The molecule has 1 aliphatic carbocycles. The highest BCUT2D eigenvalue weighted by atomic mass is 36.0. The van der Waals surface area contributed by atoms with Crippen LogP contribution in [0.15, 0.2) is 18.3 Å². The second-order valence-corrected chi connectivity index (χ2v) is 6.14. The smallest absolute Gasteiger partial charge is 0.256 e. The van der Waals surface area contributed by atoms with E-state index in [1.165, 1.54) is 0 Å². The third kappa shape index (κ3) is 6.21. The second kappa shape index (κ2) is 7.16. The number of hydrogen-bond acceptors (Lipinski definition) is 4. The fraction of sp³-hybridized carbons (Fsp3) is 0.333. The van der Waals surface area contributed by atoms with Gasteiger partial charge in [-0.2, -0.15) is 0 Å². The van der Waals surface area contributed by atoms with Crippen LogP contribution in [0.25, 0.3) is 0 Å². The molecule has 1 N–H and O–H groups in total. The van der Waals surface area contributed by atoms with Gasteiger partial charge in [-0.05, 0) is 36.6 Å². The molecule has 4 nitrogen and oxygen atoms in total. The maximum Gasteiger partial charge on any atom is 0.256 e. The highest BCUT2D eigenvalue weighted by Crippen LogP contribution is 2.25. The van der Waals surface area contributed by atoms with Gasteiger partial charge < -0.3 is 5.32 Å². The van der Waals surface area contributed by atoms with E-state index in [2.05, 4.69) is 31.7 Å². The molecule has 8 heteroatoms. The van der Waals surface area contributed by atoms with Gasteiger partial charge in [-0.15, -0.1) is 0 Å². The standard InChI is InChI=1S/C9H9ClN2O.Cl2OS/c10-8(13)7-2-1-5-11-9(7)12-6-3-4-6;1-4(2)3/h1-2,5-6H,3-4H2,(H,11,12);. The van der Waals surface area contributed by atoms with Crippen molar-refractivity contribution in [1.82, 2.24) is 4.98 Å². The molecular weight excluding hydrogens is 307 g/mol. The molecule has 1 aromatic heterocycles.